The van der Waals surface area contributed by atoms with E-state index in [1.165, 1.54) is 12.3 Å². The van der Waals surface area contributed by atoms with Gasteiger partial charge in [0.15, 0.2) is 11.5 Å². The predicted molar refractivity (Wildman–Crippen MR) is 86.0 cm³/mol. The summed E-state index contributed by atoms with van der Waals surface area (Å²) in [4.78, 5) is 13.9. The molecule has 1 saturated heterocycles. The topological polar surface area (TPSA) is 72.9 Å². The SMILES string of the molecule is CS(=O)(=O)C1CCN(C(=O)/C=C/c2ccc3c(c2)OCO3)CC1. The maximum atomic E-state index is 12.2. The fourth-order valence-corrected chi connectivity index (χ4v) is 3.86. The Morgan fingerprint density at radius 3 is 2.61 bits per heavy atom. The number of hydrogen-bond donors (Lipinski definition) is 0. The van der Waals surface area contributed by atoms with Gasteiger partial charge in [-0.25, -0.2) is 8.42 Å². The Labute approximate surface area is 135 Å². The molecule has 2 aliphatic rings. The molecular formula is C16H19NO5S. The Kier molecular flexibility index (Phi) is 4.30. The van der Waals surface area contributed by atoms with Crippen LogP contribution in [0.3, 0.4) is 0 Å². The highest BCUT2D eigenvalue weighted by Gasteiger charge is 2.27. The zero-order valence-electron chi connectivity index (χ0n) is 12.9. The van der Waals surface area contributed by atoms with Crippen molar-refractivity contribution in [2.45, 2.75) is 18.1 Å². The fourth-order valence-electron chi connectivity index (χ4n) is 2.79. The largest absolute Gasteiger partial charge is 0.454 e. The molecule has 0 aliphatic carbocycles. The van der Waals surface area contributed by atoms with E-state index in [1.807, 2.05) is 18.2 Å². The number of amides is 1. The summed E-state index contributed by atoms with van der Waals surface area (Å²) in [6.07, 6.45) is 5.50. The van der Waals surface area contributed by atoms with Gasteiger partial charge in [0.2, 0.25) is 12.7 Å². The smallest absolute Gasteiger partial charge is 0.246 e. The molecule has 1 fully saturated rings. The number of likely N-dealkylation sites (tertiary alicyclic amines) is 1. The number of benzene rings is 1. The van der Waals surface area contributed by atoms with Crippen molar-refractivity contribution in [1.82, 2.24) is 4.90 Å². The first kappa shape index (κ1) is 15.9. The van der Waals surface area contributed by atoms with Gasteiger partial charge in [0.1, 0.15) is 9.84 Å². The maximum absolute atomic E-state index is 12.2. The zero-order chi connectivity index (χ0) is 16.4. The third-order valence-corrected chi connectivity index (χ3v) is 5.86. The molecule has 0 bridgehead atoms. The Balaban J connectivity index is 1.59. The molecule has 2 heterocycles. The van der Waals surface area contributed by atoms with Crippen LogP contribution in [0.5, 0.6) is 11.5 Å². The third-order valence-electron chi connectivity index (χ3n) is 4.17. The molecule has 0 radical (unpaired) electrons. The molecule has 0 spiro atoms. The van der Waals surface area contributed by atoms with Gasteiger partial charge in [-0.3, -0.25) is 4.79 Å². The van der Waals surface area contributed by atoms with Gasteiger partial charge < -0.3 is 14.4 Å². The molecule has 23 heavy (non-hydrogen) atoms. The first-order valence-electron chi connectivity index (χ1n) is 7.49. The van der Waals surface area contributed by atoms with Crippen LogP contribution in [0, 0.1) is 0 Å². The van der Waals surface area contributed by atoms with Crippen molar-refractivity contribution in [2.75, 3.05) is 26.1 Å². The van der Waals surface area contributed by atoms with Gasteiger partial charge in [0, 0.05) is 25.4 Å². The number of fused-ring (bicyclic) bond motifs is 1. The molecule has 6 nitrogen and oxygen atoms in total. The minimum absolute atomic E-state index is 0.102. The highest BCUT2D eigenvalue weighted by molar-refractivity contribution is 7.91. The lowest BCUT2D eigenvalue weighted by Gasteiger charge is -2.30. The lowest BCUT2D eigenvalue weighted by Crippen LogP contribution is -2.41. The minimum Gasteiger partial charge on any atom is -0.454 e. The molecule has 7 heteroatoms. The molecular weight excluding hydrogens is 318 g/mol. The summed E-state index contributed by atoms with van der Waals surface area (Å²) in [6, 6.07) is 5.49. The minimum atomic E-state index is -3.02. The number of carbonyl (C=O) groups is 1. The second-order valence-electron chi connectivity index (χ2n) is 5.80. The van der Waals surface area contributed by atoms with E-state index in [4.69, 9.17) is 9.47 Å². The van der Waals surface area contributed by atoms with Crippen molar-refractivity contribution in [1.29, 1.82) is 0 Å². The molecule has 1 aromatic carbocycles. The van der Waals surface area contributed by atoms with Crippen LogP contribution in [-0.2, 0) is 14.6 Å². The second kappa shape index (κ2) is 6.23. The van der Waals surface area contributed by atoms with Gasteiger partial charge in [-0.05, 0) is 36.6 Å². The van der Waals surface area contributed by atoms with Crippen molar-refractivity contribution in [2.24, 2.45) is 0 Å². The average Bonchev–Trinajstić information content (AvgIpc) is 2.99. The van der Waals surface area contributed by atoms with E-state index in [2.05, 4.69) is 0 Å². The number of piperidine rings is 1. The number of rotatable bonds is 3. The highest BCUT2D eigenvalue weighted by atomic mass is 32.2. The summed E-state index contributed by atoms with van der Waals surface area (Å²) in [5, 5.41) is -0.329. The van der Waals surface area contributed by atoms with Crippen LogP contribution in [-0.4, -0.2) is 50.6 Å². The van der Waals surface area contributed by atoms with Gasteiger partial charge in [0.05, 0.1) is 5.25 Å². The standard InChI is InChI=1S/C16H19NO5S/c1-23(19,20)13-6-8-17(9-7-13)16(18)5-3-12-2-4-14-15(10-12)22-11-21-14/h2-5,10,13H,6-9,11H2,1H3/b5-3+. The first-order valence-corrected chi connectivity index (χ1v) is 9.44. The second-order valence-corrected chi connectivity index (χ2v) is 8.13. The normalized spacial score (nSPS) is 18.6. The van der Waals surface area contributed by atoms with Crippen molar-refractivity contribution in [3.8, 4) is 11.5 Å². The Morgan fingerprint density at radius 2 is 1.91 bits per heavy atom. The number of sulfone groups is 1. The monoisotopic (exact) mass is 337 g/mol. The van der Waals surface area contributed by atoms with Crippen molar-refractivity contribution >= 4 is 21.8 Å². The van der Waals surface area contributed by atoms with Gasteiger partial charge in [-0.15, -0.1) is 0 Å². The Morgan fingerprint density at radius 1 is 1.22 bits per heavy atom. The van der Waals surface area contributed by atoms with Crippen LogP contribution in [0.2, 0.25) is 0 Å². The summed E-state index contributed by atoms with van der Waals surface area (Å²) >= 11 is 0. The molecule has 0 aromatic heterocycles. The van der Waals surface area contributed by atoms with Crippen LogP contribution in [0.15, 0.2) is 24.3 Å². The molecule has 0 atom stereocenters. The molecule has 2 aliphatic heterocycles. The molecule has 1 amide bonds. The predicted octanol–water partition coefficient (Wildman–Crippen LogP) is 1.46. The van der Waals surface area contributed by atoms with Crippen LogP contribution in [0.25, 0.3) is 6.08 Å². The third kappa shape index (κ3) is 3.67. The quantitative estimate of drug-likeness (QED) is 0.781. The van der Waals surface area contributed by atoms with Crippen molar-refractivity contribution in [3.63, 3.8) is 0 Å². The number of nitrogens with zero attached hydrogens (tertiary/aromatic N) is 1. The van der Waals surface area contributed by atoms with Gasteiger partial charge >= 0.3 is 0 Å². The summed E-state index contributed by atoms with van der Waals surface area (Å²) in [5.74, 6) is 1.28. The lowest BCUT2D eigenvalue weighted by molar-refractivity contribution is -0.126. The van der Waals surface area contributed by atoms with Crippen LogP contribution < -0.4 is 9.47 Å². The fraction of sp³-hybridized carbons (Fsp3) is 0.438. The van der Waals surface area contributed by atoms with Gasteiger partial charge in [-0.1, -0.05) is 6.07 Å². The first-order chi connectivity index (χ1) is 10.9. The molecule has 0 N–H and O–H groups in total. The van der Waals surface area contributed by atoms with Crippen molar-refractivity contribution < 1.29 is 22.7 Å². The zero-order valence-corrected chi connectivity index (χ0v) is 13.7. The summed E-state index contributed by atoms with van der Waals surface area (Å²) in [6.45, 7) is 1.17. The highest BCUT2D eigenvalue weighted by Crippen LogP contribution is 2.32. The Bertz CT molecular complexity index is 733. The summed E-state index contributed by atoms with van der Waals surface area (Å²) < 4.78 is 33.6. The van der Waals surface area contributed by atoms with Crippen LogP contribution in [0.4, 0.5) is 0 Å². The van der Waals surface area contributed by atoms with E-state index in [0.29, 0.717) is 37.4 Å². The summed E-state index contributed by atoms with van der Waals surface area (Å²) in [5.41, 5.74) is 0.855. The van der Waals surface area contributed by atoms with E-state index in [-0.39, 0.29) is 18.0 Å². The average molecular weight is 337 g/mol. The van der Waals surface area contributed by atoms with E-state index < -0.39 is 9.84 Å². The molecule has 124 valence electrons. The van der Waals surface area contributed by atoms with E-state index in [9.17, 15) is 13.2 Å². The lowest BCUT2D eigenvalue weighted by atomic mass is 10.1. The van der Waals surface area contributed by atoms with Crippen LogP contribution >= 0.6 is 0 Å². The van der Waals surface area contributed by atoms with Gasteiger partial charge in [0.25, 0.3) is 0 Å². The maximum Gasteiger partial charge on any atom is 0.246 e. The molecule has 1 aromatic rings. The molecule has 3 rings (SSSR count). The van der Waals surface area contributed by atoms with Crippen LogP contribution in [0.1, 0.15) is 18.4 Å². The number of carbonyl (C=O) groups excluding carboxylic acids is 1. The van der Waals surface area contributed by atoms with Crippen molar-refractivity contribution in [3.05, 3.63) is 29.8 Å². The van der Waals surface area contributed by atoms with Gasteiger partial charge in [-0.2, -0.15) is 0 Å². The number of hydrogen-bond acceptors (Lipinski definition) is 5. The summed E-state index contributed by atoms with van der Waals surface area (Å²) in [7, 11) is -3.02. The van der Waals surface area contributed by atoms with E-state index in [0.717, 1.165) is 5.56 Å². The van der Waals surface area contributed by atoms with E-state index >= 15 is 0 Å². The molecule has 0 saturated carbocycles. The number of ether oxygens (including phenoxy) is 2. The Hall–Kier alpha value is -2.02. The van der Waals surface area contributed by atoms with E-state index in [1.54, 1.807) is 11.0 Å². The molecule has 0 unspecified atom stereocenters.